The first-order valence-electron chi connectivity index (χ1n) is 3.96. The van der Waals surface area contributed by atoms with Gasteiger partial charge in [0, 0.05) is 6.20 Å². The number of ketones is 1. The van der Waals surface area contributed by atoms with Crippen molar-refractivity contribution in [2.24, 2.45) is 0 Å². The number of H-pyrrole nitrogens is 1. The molecule has 0 fully saturated rings. The van der Waals surface area contributed by atoms with Gasteiger partial charge in [0.15, 0.2) is 5.78 Å². The van der Waals surface area contributed by atoms with Crippen molar-refractivity contribution in [3.8, 4) is 0 Å². The maximum absolute atomic E-state index is 11.2. The summed E-state index contributed by atoms with van der Waals surface area (Å²) in [6.07, 6.45) is 2.81. The number of carbonyl (C=O) groups excluding carboxylic acids is 1. The summed E-state index contributed by atoms with van der Waals surface area (Å²) in [7, 11) is 0. The van der Waals surface area contributed by atoms with E-state index in [-0.39, 0.29) is 11.7 Å². The van der Waals surface area contributed by atoms with Crippen LogP contribution >= 0.6 is 11.6 Å². The highest BCUT2D eigenvalue weighted by Gasteiger charge is 2.11. The van der Waals surface area contributed by atoms with Crippen LogP contribution in [0.2, 0.25) is 0 Å². The molecular weight excluding hydrogens is 174 g/mol. The topological polar surface area (TPSA) is 32.9 Å². The molecule has 1 rings (SSSR count). The Kier molecular flexibility index (Phi) is 2.93. The van der Waals surface area contributed by atoms with Gasteiger partial charge in [-0.2, -0.15) is 0 Å². The number of nitrogens with one attached hydrogen (secondary N) is 1. The fourth-order valence-electron chi connectivity index (χ4n) is 1.26. The summed E-state index contributed by atoms with van der Waals surface area (Å²) in [6.45, 7) is 4.00. The second-order valence-electron chi connectivity index (χ2n) is 2.72. The van der Waals surface area contributed by atoms with Gasteiger partial charge in [0.1, 0.15) is 0 Å². The van der Waals surface area contributed by atoms with Gasteiger partial charge in [-0.05, 0) is 24.5 Å². The van der Waals surface area contributed by atoms with Crippen LogP contribution in [0.4, 0.5) is 0 Å². The van der Waals surface area contributed by atoms with Crippen molar-refractivity contribution in [1.82, 2.24) is 4.98 Å². The van der Waals surface area contributed by atoms with Crippen molar-refractivity contribution < 1.29 is 4.79 Å². The lowest BCUT2D eigenvalue weighted by Gasteiger charge is -1.96. The maximum atomic E-state index is 11.2. The molecule has 0 unspecified atom stereocenters. The van der Waals surface area contributed by atoms with E-state index in [0.29, 0.717) is 5.69 Å². The monoisotopic (exact) mass is 185 g/mol. The number of Topliss-reactive ketones (excluding diaryl/α,β-unsaturated/α-hetero) is 1. The van der Waals surface area contributed by atoms with Crippen LogP contribution in [0.5, 0.6) is 0 Å². The molecule has 0 bridgehead atoms. The number of rotatable bonds is 3. The van der Waals surface area contributed by atoms with Gasteiger partial charge >= 0.3 is 0 Å². The number of hydrogen-bond acceptors (Lipinski definition) is 1. The molecule has 12 heavy (non-hydrogen) atoms. The molecule has 1 aromatic rings. The Morgan fingerprint density at radius 3 is 2.75 bits per heavy atom. The number of aromatic amines is 1. The second-order valence-corrected chi connectivity index (χ2v) is 2.99. The van der Waals surface area contributed by atoms with Crippen LogP contribution in [-0.2, 0) is 6.42 Å². The van der Waals surface area contributed by atoms with Gasteiger partial charge in [0.25, 0.3) is 0 Å². The third kappa shape index (κ3) is 1.53. The van der Waals surface area contributed by atoms with Gasteiger partial charge in [0.2, 0.25) is 0 Å². The molecule has 0 aromatic carbocycles. The van der Waals surface area contributed by atoms with Crippen LogP contribution in [0.1, 0.15) is 28.5 Å². The van der Waals surface area contributed by atoms with Gasteiger partial charge in [-0.15, -0.1) is 11.6 Å². The van der Waals surface area contributed by atoms with E-state index in [1.54, 1.807) is 0 Å². The first-order chi connectivity index (χ1) is 5.70. The Labute approximate surface area is 76.9 Å². The van der Waals surface area contributed by atoms with Gasteiger partial charge in [-0.3, -0.25) is 4.79 Å². The summed E-state index contributed by atoms with van der Waals surface area (Å²) >= 11 is 5.44. The summed E-state index contributed by atoms with van der Waals surface area (Å²) in [5, 5.41) is 0. The van der Waals surface area contributed by atoms with E-state index in [2.05, 4.69) is 11.9 Å². The summed E-state index contributed by atoms with van der Waals surface area (Å²) in [6, 6.07) is 0. The average molecular weight is 186 g/mol. The fraction of sp³-hybridized carbons (Fsp3) is 0.444. The molecule has 66 valence electrons. The third-order valence-electron chi connectivity index (χ3n) is 2.03. The standard InChI is InChI=1S/C9H12ClNO/c1-3-7-5-11-9(6(7)2)8(12)4-10/h5,11H,3-4H2,1-2H3. The number of carbonyl (C=O) groups is 1. The average Bonchev–Trinajstić information content (AvgIpc) is 2.45. The fourth-order valence-corrected chi connectivity index (χ4v) is 1.39. The Morgan fingerprint density at radius 1 is 1.67 bits per heavy atom. The first-order valence-corrected chi connectivity index (χ1v) is 4.50. The largest absolute Gasteiger partial charge is 0.358 e. The SMILES string of the molecule is CCc1c[nH]c(C(=O)CCl)c1C. The first kappa shape index (κ1) is 9.33. The smallest absolute Gasteiger partial charge is 0.193 e. The Hall–Kier alpha value is -0.760. The molecule has 2 nitrogen and oxygen atoms in total. The zero-order valence-electron chi connectivity index (χ0n) is 7.28. The van der Waals surface area contributed by atoms with Crippen molar-refractivity contribution in [3.05, 3.63) is 23.0 Å². The Bertz CT molecular complexity index is 291. The van der Waals surface area contributed by atoms with E-state index < -0.39 is 0 Å². The summed E-state index contributed by atoms with van der Waals surface area (Å²) in [5.41, 5.74) is 2.87. The van der Waals surface area contributed by atoms with Gasteiger partial charge in [-0.25, -0.2) is 0 Å². The van der Waals surface area contributed by atoms with Crippen molar-refractivity contribution in [3.63, 3.8) is 0 Å². The minimum atomic E-state index is -0.0335. The second kappa shape index (κ2) is 3.76. The van der Waals surface area contributed by atoms with Crippen molar-refractivity contribution >= 4 is 17.4 Å². The van der Waals surface area contributed by atoms with E-state index in [1.807, 2.05) is 13.1 Å². The highest BCUT2D eigenvalue weighted by molar-refractivity contribution is 6.30. The molecular formula is C9H12ClNO. The molecule has 1 N–H and O–H groups in total. The van der Waals surface area contributed by atoms with Gasteiger partial charge in [-0.1, -0.05) is 6.92 Å². The third-order valence-corrected chi connectivity index (χ3v) is 2.27. The zero-order valence-corrected chi connectivity index (χ0v) is 8.03. The van der Waals surface area contributed by atoms with E-state index in [9.17, 15) is 4.79 Å². The molecule has 0 saturated carbocycles. The summed E-state index contributed by atoms with van der Waals surface area (Å²) in [5.74, 6) is 0.0127. The molecule has 3 heteroatoms. The van der Waals surface area contributed by atoms with Crippen LogP contribution in [0.15, 0.2) is 6.20 Å². The lowest BCUT2D eigenvalue weighted by atomic mass is 10.1. The minimum Gasteiger partial charge on any atom is -0.358 e. The van der Waals surface area contributed by atoms with Crippen LogP contribution in [0, 0.1) is 6.92 Å². The van der Waals surface area contributed by atoms with E-state index in [1.165, 1.54) is 5.56 Å². The molecule has 0 saturated heterocycles. The number of hydrogen-bond donors (Lipinski definition) is 1. The molecule has 0 aliphatic heterocycles. The van der Waals surface area contributed by atoms with Crippen LogP contribution in [0.25, 0.3) is 0 Å². The zero-order chi connectivity index (χ0) is 9.14. The Morgan fingerprint density at radius 2 is 2.33 bits per heavy atom. The number of halogens is 1. The number of alkyl halides is 1. The highest BCUT2D eigenvalue weighted by atomic mass is 35.5. The molecule has 1 heterocycles. The maximum Gasteiger partial charge on any atom is 0.193 e. The van der Waals surface area contributed by atoms with Gasteiger partial charge in [0.05, 0.1) is 11.6 Å². The minimum absolute atomic E-state index is 0.0335. The van der Waals surface area contributed by atoms with Gasteiger partial charge < -0.3 is 4.98 Å². The Balaban J connectivity index is 3.02. The van der Waals surface area contributed by atoms with E-state index in [0.717, 1.165) is 12.0 Å². The van der Waals surface area contributed by atoms with Crippen LogP contribution in [0.3, 0.4) is 0 Å². The van der Waals surface area contributed by atoms with E-state index in [4.69, 9.17) is 11.6 Å². The number of aromatic nitrogens is 1. The summed E-state index contributed by atoms with van der Waals surface area (Å²) < 4.78 is 0. The summed E-state index contributed by atoms with van der Waals surface area (Å²) in [4.78, 5) is 14.1. The number of aryl methyl sites for hydroxylation is 1. The van der Waals surface area contributed by atoms with Crippen molar-refractivity contribution in [2.75, 3.05) is 5.88 Å². The predicted octanol–water partition coefficient (Wildman–Crippen LogP) is 2.31. The normalized spacial score (nSPS) is 10.2. The molecule has 0 atom stereocenters. The molecule has 1 aromatic heterocycles. The molecule has 0 radical (unpaired) electrons. The lowest BCUT2D eigenvalue weighted by molar-refractivity contribution is 0.101. The van der Waals surface area contributed by atoms with Crippen molar-refractivity contribution in [1.29, 1.82) is 0 Å². The highest BCUT2D eigenvalue weighted by Crippen LogP contribution is 2.14. The lowest BCUT2D eigenvalue weighted by Crippen LogP contribution is -2.02. The molecule has 0 spiro atoms. The molecule has 0 amide bonds. The van der Waals surface area contributed by atoms with Crippen molar-refractivity contribution in [2.45, 2.75) is 20.3 Å². The van der Waals surface area contributed by atoms with Crippen LogP contribution < -0.4 is 0 Å². The predicted molar refractivity (Wildman–Crippen MR) is 50.0 cm³/mol. The van der Waals surface area contributed by atoms with Crippen LogP contribution in [-0.4, -0.2) is 16.6 Å². The quantitative estimate of drug-likeness (QED) is 0.569. The molecule has 0 aliphatic rings. The van der Waals surface area contributed by atoms with E-state index >= 15 is 0 Å². The molecule has 0 aliphatic carbocycles.